The molecule has 0 unspecified atom stereocenters. The zero-order valence-corrected chi connectivity index (χ0v) is 11.9. The molecule has 0 fully saturated rings. The van der Waals surface area contributed by atoms with Gasteiger partial charge in [0, 0.05) is 5.92 Å². The summed E-state index contributed by atoms with van der Waals surface area (Å²) in [6, 6.07) is 10.3. The second-order valence-electron chi connectivity index (χ2n) is 5.32. The van der Waals surface area contributed by atoms with Gasteiger partial charge in [-0.1, -0.05) is 56.3 Å². The zero-order valence-electron chi connectivity index (χ0n) is 11.9. The van der Waals surface area contributed by atoms with Gasteiger partial charge in [-0.15, -0.1) is 0 Å². The quantitative estimate of drug-likeness (QED) is 0.609. The molecule has 1 aromatic rings. The molecule has 0 bridgehead atoms. The molecule has 0 N–H and O–H groups in total. The summed E-state index contributed by atoms with van der Waals surface area (Å²) in [7, 11) is 0. The lowest BCUT2D eigenvalue weighted by Crippen LogP contribution is -2.34. The van der Waals surface area contributed by atoms with E-state index >= 15 is 0 Å². The highest BCUT2D eigenvalue weighted by Crippen LogP contribution is 2.41. The molecule has 1 aliphatic rings. The maximum Gasteiger partial charge on any atom is 0.310 e. The predicted molar refractivity (Wildman–Crippen MR) is 76.8 cm³/mol. The minimum atomic E-state index is -0.0812. The molecule has 0 saturated carbocycles. The summed E-state index contributed by atoms with van der Waals surface area (Å²) >= 11 is 0. The second kappa shape index (κ2) is 6.05. The fourth-order valence-corrected chi connectivity index (χ4v) is 3.03. The minimum Gasteiger partial charge on any atom is -0.466 e. The number of carbonyl (C=O) groups is 1. The van der Waals surface area contributed by atoms with Crippen LogP contribution in [0.5, 0.6) is 0 Å². The number of carbonyl (C=O) groups excluding carboxylic acids is 1. The molecular weight excluding hydrogens is 236 g/mol. The molecule has 1 aliphatic carbocycles. The van der Waals surface area contributed by atoms with Crippen molar-refractivity contribution in [1.82, 2.24) is 0 Å². The molecule has 1 aromatic carbocycles. The highest BCUT2D eigenvalue weighted by atomic mass is 16.5. The van der Waals surface area contributed by atoms with Crippen LogP contribution in [0.1, 0.15) is 32.3 Å². The average Bonchev–Trinajstić information content (AvgIpc) is 2.42. The number of rotatable bonds is 3. The molecule has 4 atom stereocenters. The molecule has 2 heteroatoms. The summed E-state index contributed by atoms with van der Waals surface area (Å²) in [6.45, 7) is 6.58. The van der Waals surface area contributed by atoms with E-state index in [-0.39, 0.29) is 23.7 Å². The van der Waals surface area contributed by atoms with Crippen LogP contribution in [-0.4, -0.2) is 12.6 Å². The molecule has 19 heavy (non-hydrogen) atoms. The monoisotopic (exact) mass is 258 g/mol. The summed E-state index contributed by atoms with van der Waals surface area (Å²) in [6.07, 6.45) is 4.36. The molecule has 2 rings (SSSR count). The van der Waals surface area contributed by atoms with E-state index in [0.29, 0.717) is 12.5 Å². The first-order chi connectivity index (χ1) is 9.15. The molecule has 0 amide bonds. The van der Waals surface area contributed by atoms with Gasteiger partial charge < -0.3 is 4.74 Å². The van der Waals surface area contributed by atoms with Crippen molar-refractivity contribution < 1.29 is 9.53 Å². The van der Waals surface area contributed by atoms with Crippen LogP contribution in [0.3, 0.4) is 0 Å². The van der Waals surface area contributed by atoms with E-state index in [1.54, 1.807) is 0 Å². The van der Waals surface area contributed by atoms with Gasteiger partial charge >= 0.3 is 5.97 Å². The molecule has 2 nitrogen and oxygen atoms in total. The molecule has 0 aliphatic heterocycles. The molecule has 102 valence electrons. The summed E-state index contributed by atoms with van der Waals surface area (Å²) in [5, 5.41) is 0. The Labute approximate surface area is 115 Å². The van der Waals surface area contributed by atoms with Gasteiger partial charge in [0.15, 0.2) is 0 Å². The maximum atomic E-state index is 12.3. The lowest BCUT2D eigenvalue weighted by molar-refractivity contribution is -0.150. The van der Waals surface area contributed by atoms with Crippen molar-refractivity contribution >= 4 is 5.97 Å². The summed E-state index contributed by atoms with van der Waals surface area (Å²) in [4.78, 5) is 12.3. The van der Waals surface area contributed by atoms with E-state index in [4.69, 9.17) is 4.74 Å². The van der Waals surface area contributed by atoms with Crippen LogP contribution < -0.4 is 0 Å². The minimum absolute atomic E-state index is 0.0694. The van der Waals surface area contributed by atoms with Gasteiger partial charge in [-0.3, -0.25) is 4.79 Å². The van der Waals surface area contributed by atoms with E-state index < -0.39 is 0 Å². The number of ether oxygens (including phenoxy) is 1. The Balaban J connectivity index is 2.35. The molecule has 0 heterocycles. The first-order valence-electron chi connectivity index (χ1n) is 7.05. The Bertz CT molecular complexity index is 450. The van der Waals surface area contributed by atoms with Crippen LogP contribution in [0, 0.1) is 17.8 Å². The van der Waals surface area contributed by atoms with Crippen molar-refractivity contribution in [3.05, 3.63) is 48.0 Å². The number of esters is 1. The van der Waals surface area contributed by atoms with Crippen molar-refractivity contribution in [3.8, 4) is 0 Å². The lowest BCUT2D eigenvalue weighted by atomic mass is 9.68. The Morgan fingerprint density at radius 3 is 2.37 bits per heavy atom. The number of hydrogen-bond acceptors (Lipinski definition) is 2. The largest absolute Gasteiger partial charge is 0.466 e. The maximum absolute atomic E-state index is 12.3. The summed E-state index contributed by atoms with van der Waals surface area (Å²) in [5.74, 6) is 0.635. The van der Waals surface area contributed by atoms with Gasteiger partial charge in [0.2, 0.25) is 0 Å². The third kappa shape index (κ3) is 2.89. The van der Waals surface area contributed by atoms with Gasteiger partial charge in [-0.05, 0) is 24.3 Å². The van der Waals surface area contributed by atoms with E-state index in [1.165, 1.54) is 5.56 Å². The number of allylic oxidation sites excluding steroid dienone is 2. The molecular formula is C17H22O2. The SMILES string of the molecule is CCOC(=O)[C@@H]1[C@@H](c2ccccc2)[C@H](C)C=C[C@@H]1C. The Kier molecular flexibility index (Phi) is 4.41. The van der Waals surface area contributed by atoms with Gasteiger partial charge in [-0.25, -0.2) is 0 Å². The van der Waals surface area contributed by atoms with Crippen LogP contribution in [-0.2, 0) is 9.53 Å². The number of benzene rings is 1. The van der Waals surface area contributed by atoms with Gasteiger partial charge in [0.25, 0.3) is 0 Å². The van der Waals surface area contributed by atoms with Crippen LogP contribution in [0.15, 0.2) is 42.5 Å². The smallest absolute Gasteiger partial charge is 0.310 e. The lowest BCUT2D eigenvalue weighted by Gasteiger charge is -2.35. The normalized spacial score (nSPS) is 30.1. The topological polar surface area (TPSA) is 26.3 Å². The van der Waals surface area contributed by atoms with Gasteiger partial charge in [0.05, 0.1) is 12.5 Å². The van der Waals surface area contributed by atoms with Crippen LogP contribution >= 0.6 is 0 Å². The van der Waals surface area contributed by atoms with Crippen molar-refractivity contribution in [2.75, 3.05) is 6.61 Å². The Hall–Kier alpha value is -1.57. The van der Waals surface area contributed by atoms with E-state index in [1.807, 2.05) is 25.1 Å². The fraction of sp³-hybridized carbons (Fsp3) is 0.471. The molecule has 0 saturated heterocycles. The van der Waals surface area contributed by atoms with Crippen molar-refractivity contribution in [2.24, 2.45) is 17.8 Å². The molecule has 0 aromatic heterocycles. The van der Waals surface area contributed by atoms with E-state index in [0.717, 1.165) is 0 Å². The highest BCUT2D eigenvalue weighted by molar-refractivity contribution is 5.75. The van der Waals surface area contributed by atoms with E-state index in [2.05, 4.69) is 38.1 Å². The van der Waals surface area contributed by atoms with Crippen molar-refractivity contribution in [1.29, 1.82) is 0 Å². The van der Waals surface area contributed by atoms with Crippen molar-refractivity contribution in [2.45, 2.75) is 26.7 Å². The second-order valence-corrected chi connectivity index (χ2v) is 5.32. The standard InChI is InChI=1S/C17H22O2/c1-4-19-17(18)16-13(3)11-10-12(2)15(16)14-8-6-5-7-9-14/h5-13,15-16H,4H2,1-3H3/t12-,13+,15-,16+/m1/s1. The zero-order chi connectivity index (χ0) is 13.8. The Morgan fingerprint density at radius 1 is 1.11 bits per heavy atom. The molecule has 0 spiro atoms. The van der Waals surface area contributed by atoms with Crippen LogP contribution in [0.2, 0.25) is 0 Å². The van der Waals surface area contributed by atoms with Crippen molar-refractivity contribution in [3.63, 3.8) is 0 Å². The summed E-state index contributed by atoms with van der Waals surface area (Å²) < 4.78 is 5.28. The predicted octanol–water partition coefficient (Wildman–Crippen LogP) is 3.79. The van der Waals surface area contributed by atoms with Crippen LogP contribution in [0.25, 0.3) is 0 Å². The Morgan fingerprint density at radius 2 is 1.74 bits per heavy atom. The third-order valence-corrected chi connectivity index (χ3v) is 3.98. The average molecular weight is 258 g/mol. The van der Waals surface area contributed by atoms with Gasteiger partial charge in [-0.2, -0.15) is 0 Å². The highest BCUT2D eigenvalue weighted by Gasteiger charge is 2.39. The number of hydrogen-bond donors (Lipinski definition) is 0. The van der Waals surface area contributed by atoms with Gasteiger partial charge in [0.1, 0.15) is 0 Å². The van der Waals surface area contributed by atoms with Crippen LogP contribution in [0.4, 0.5) is 0 Å². The first-order valence-corrected chi connectivity index (χ1v) is 7.05. The fourth-order valence-electron chi connectivity index (χ4n) is 3.03. The first kappa shape index (κ1) is 13.9. The summed E-state index contributed by atoms with van der Waals surface area (Å²) in [5.41, 5.74) is 1.23. The van der Waals surface area contributed by atoms with E-state index in [9.17, 15) is 4.79 Å². The molecule has 0 radical (unpaired) electrons. The third-order valence-electron chi connectivity index (χ3n) is 3.98.